The van der Waals surface area contributed by atoms with Crippen LogP contribution in [0.15, 0.2) is 47.6 Å². The molecule has 1 heterocycles. The van der Waals surface area contributed by atoms with Gasteiger partial charge >= 0.3 is 0 Å². The van der Waals surface area contributed by atoms with Crippen LogP contribution in [0.2, 0.25) is 0 Å². The van der Waals surface area contributed by atoms with Crippen molar-refractivity contribution in [1.29, 1.82) is 0 Å². The van der Waals surface area contributed by atoms with Gasteiger partial charge in [-0.3, -0.25) is 0 Å². The second kappa shape index (κ2) is 6.83. The molecule has 0 radical (unpaired) electrons. The minimum absolute atomic E-state index is 0.777. The van der Waals surface area contributed by atoms with Crippen molar-refractivity contribution in [1.82, 2.24) is 14.9 Å². The van der Waals surface area contributed by atoms with Crippen LogP contribution in [-0.2, 0) is 12.2 Å². The maximum atomic E-state index is 6.09. The number of thioether (sulfide) groups is 1. The molecule has 114 valence electrons. The summed E-state index contributed by atoms with van der Waals surface area (Å²) in [6.45, 7) is 2.16. The van der Waals surface area contributed by atoms with Crippen LogP contribution in [0.4, 0.5) is 0 Å². The van der Waals surface area contributed by atoms with Gasteiger partial charge in [0.1, 0.15) is 0 Å². The van der Waals surface area contributed by atoms with Crippen molar-refractivity contribution in [3.8, 4) is 0 Å². The first-order valence-electron chi connectivity index (χ1n) is 7.58. The van der Waals surface area contributed by atoms with E-state index in [1.807, 2.05) is 0 Å². The first kappa shape index (κ1) is 14.9. The predicted molar refractivity (Wildman–Crippen MR) is 92.3 cm³/mol. The lowest BCUT2D eigenvalue weighted by Gasteiger charge is -2.06. The Morgan fingerprint density at radius 2 is 1.91 bits per heavy atom. The number of aromatic nitrogens is 3. The Morgan fingerprint density at radius 1 is 1.09 bits per heavy atom. The van der Waals surface area contributed by atoms with E-state index in [9.17, 15) is 0 Å². The van der Waals surface area contributed by atoms with Crippen molar-refractivity contribution in [2.45, 2.75) is 37.1 Å². The highest BCUT2D eigenvalue weighted by atomic mass is 32.2. The van der Waals surface area contributed by atoms with Crippen molar-refractivity contribution in [2.75, 3.05) is 5.84 Å². The van der Waals surface area contributed by atoms with Crippen LogP contribution in [0.5, 0.6) is 0 Å². The third kappa shape index (κ3) is 3.09. The van der Waals surface area contributed by atoms with Crippen LogP contribution >= 0.6 is 11.8 Å². The lowest BCUT2D eigenvalue weighted by atomic mass is 10.1. The van der Waals surface area contributed by atoms with E-state index in [-0.39, 0.29) is 0 Å². The molecule has 0 fully saturated rings. The molecule has 0 atom stereocenters. The fraction of sp³-hybridized carbons (Fsp3) is 0.294. The minimum atomic E-state index is 0.777. The van der Waals surface area contributed by atoms with Crippen LogP contribution in [0.25, 0.3) is 10.8 Å². The van der Waals surface area contributed by atoms with Crippen LogP contribution in [0, 0.1) is 0 Å². The highest BCUT2D eigenvalue weighted by Crippen LogP contribution is 2.26. The maximum absolute atomic E-state index is 6.09. The highest BCUT2D eigenvalue weighted by molar-refractivity contribution is 7.98. The summed E-state index contributed by atoms with van der Waals surface area (Å²) < 4.78 is 1.63. The zero-order valence-electron chi connectivity index (χ0n) is 12.7. The van der Waals surface area contributed by atoms with Crippen molar-refractivity contribution >= 4 is 22.5 Å². The number of nitrogens with zero attached hydrogens (tertiary/aromatic N) is 3. The Hall–Kier alpha value is -2.01. The quantitative estimate of drug-likeness (QED) is 0.556. The summed E-state index contributed by atoms with van der Waals surface area (Å²) in [5.74, 6) is 7.79. The first-order chi connectivity index (χ1) is 10.8. The lowest BCUT2D eigenvalue weighted by molar-refractivity contribution is 0.712. The molecule has 2 aromatic carbocycles. The molecule has 0 saturated heterocycles. The van der Waals surface area contributed by atoms with Gasteiger partial charge in [0.05, 0.1) is 0 Å². The summed E-state index contributed by atoms with van der Waals surface area (Å²) in [6.07, 6.45) is 3.10. The number of nitrogens with two attached hydrogens (primary N) is 1. The summed E-state index contributed by atoms with van der Waals surface area (Å²) in [5.41, 5.74) is 1.29. The fourth-order valence-corrected chi connectivity index (χ4v) is 3.35. The standard InChI is InChI=1S/C17H20N4S/c1-2-3-11-16-19-20-17(21(16)18)22-12-14-9-6-8-13-7-4-5-10-15(13)14/h4-10H,2-3,11-12,18H2,1H3. The molecule has 0 aliphatic rings. The largest absolute Gasteiger partial charge is 0.336 e. The average molecular weight is 312 g/mol. The van der Waals surface area contributed by atoms with Gasteiger partial charge < -0.3 is 5.84 Å². The van der Waals surface area contributed by atoms with Gasteiger partial charge in [0, 0.05) is 12.2 Å². The number of aryl methyl sites for hydroxylation is 1. The van der Waals surface area contributed by atoms with Crippen molar-refractivity contribution in [3.63, 3.8) is 0 Å². The molecular formula is C17H20N4S. The van der Waals surface area contributed by atoms with E-state index in [4.69, 9.17) is 5.84 Å². The van der Waals surface area contributed by atoms with Gasteiger partial charge in [0.2, 0.25) is 5.16 Å². The molecule has 22 heavy (non-hydrogen) atoms. The van der Waals surface area contributed by atoms with E-state index < -0.39 is 0 Å². The normalized spacial score (nSPS) is 11.1. The van der Waals surface area contributed by atoms with E-state index in [1.165, 1.54) is 16.3 Å². The molecule has 0 spiro atoms. The van der Waals surface area contributed by atoms with Crippen molar-refractivity contribution in [3.05, 3.63) is 53.9 Å². The number of unbranched alkanes of at least 4 members (excludes halogenated alkanes) is 1. The number of hydrogen-bond acceptors (Lipinski definition) is 4. The van der Waals surface area contributed by atoms with E-state index in [2.05, 4.69) is 59.6 Å². The average Bonchev–Trinajstić information content (AvgIpc) is 2.91. The van der Waals surface area contributed by atoms with Gasteiger partial charge in [-0.05, 0) is 22.8 Å². The summed E-state index contributed by atoms with van der Waals surface area (Å²) >= 11 is 1.63. The minimum Gasteiger partial charge on any atom is -0.336 e. The highest BCUT2D eigenvalue weighted by Gasteiger charge is 2.10. The topological polar surface area (TPSA) is 56.7 Å². The molecule has 4 nitrogen and oxygen atoms in total. The van der Waals surface area contributed by atoms with Crippen LogP contribution in [-0.4, -0.2) is 14.9 Å². The lowest BCUT2D eigenvalue weighted by Crippen LogP contribution is -2.14. The van der Waals surface area contributed by atoms with Gasteiger partial charge in [0.15, 0.2) is 5.82 Å². The van der Waals surface area contributed by atoms with Crippen LogP contribution in [0.1, 0.15) is 31.2 Å². The Kier molecular flexibility index (Phi) is 4.63. The zero-order chi connectivity index (χ0) is 15.4. The molecule has 0 amide bonds. The predicted octanol–water partition coefficient (Wildman–Crippen LogP) is 3.78. The molecule has 0 aliphatic carbocycles. The number of benzene rings is 2. The van der Waals surface area contributed by atoms with Crippen LogP contribution in [0.3, 0.4) is 0 Å². The SMILES string of the molecule is CCCCc1nnc(SCc2cccc3ccccc23)n1N. The van der Waals surface area contributed by atoms with Gasteiger partial charge in [0.25, 0.3) is 0 Å². The maximum Gasteiger partial charge on any atom is 0.210 e. The number of rotatable bonds is 6. The smallest absolute Gasteiger partial charge is 0.210 e. The Bertz CT molecular complexity index is 761. The van der Waals surface area contributed by atoms with E-state index in [1.54, 1.807) is 16.4 Å². The molecule has 5 heteroatoms. The van der Waals surface area contributed by atoms with Gasteiger partial charge in [-0.2, -0.15) is 0 Å². The van der Waals surface area contributed by atoms with E-state index >= 15 is 0 Å². The molecule has 3 aromatic rings. The number of hydrogen-bond donors (Lipinski definition) is 1. The molecule has 2 N–H and O–H groups in total. The second-order valence-electron chi connectivity index (χ2n) is 5.30. The van der Waals surface area contributed by atoms with Gasteiger partial charge in [-0.25, -0.2) is 4.68 Å². The Labute approximate surface area is 134 Å². The van der Waals surface area contributed by atoms with Gasteiger partial charge in [-0.15, -0.1) is 10.2 Å². The number of nitrogen functional groups attached to an aromatic ring is 1. The first-order valence-corrected chi connectivity index (χ1v) is 8.57. The third-order valence-electron chi connectivity index (χ3n) is 3.73. The molecule has 3 rings (SSSR count). The molecule has 0 saturated carbocycles. The Balaban J connectivity index is 1.76. The number of fused-ring (bicyclic) bond motifs is 1. The summed E-state index contributed by atoms with van der Waals surface area (Å²) in [4.78, 5) is 0. The molecule has 0 bridgehead atoms. The van der Waals surface area contributed by atoms with Crippen LogP contribution < -0.4 is 5.84 Å². The monoisotopic (exact) mass is 312 g/mol. The molecule has 0 aliphatic heterocycles. The summed E-state index contributed by atoms with van der Waals surface area (Å²) in [6, 6.07) is 14.8. The fourth-order valence-electron chi connectivity index (χ4n) is 2.47. The molecule has 1 aromatic heterocycles. The Morgan fingerprint density at radius 3 is 2.77 bits per heavy atom. The zero-order valence-corrected chi connectivity index (χ0v) is 13.5. The summed E-state index contributed by atoms with van der Waals surface area (Å²) in [7, 11) is 0. The van der Waals surface area contributed by atoms with E-state index in [0.717, 1.165) is 36.0 Å². The van der Waals surface area contributed by atoms with Crippen molar-refractivity contribution in [2.24, 2.45) is 0 Å². The van der Waals surface area contributed by atoms with E-state index in [0.29, 0.717) is 0 Å². The van der Waals surface area contributed by atoms with Crippen molar-refractivity contribution < 1.29 is 0 Å². The third-order valence-corrected chi connectivity index (χ3v) is 4.72. The van der Waals surface area contributed by atoms with Gasteiger partial charge in [-0.1, -0.05) is 67.6 Å². The summed E-state index contributed by atoms with van der Waals surface area (Å²) in [5, 5.41) is 11.7. The molecule has 0 unspecified atom stereocenters. The molecular weight excluding hydrogens is 292 g/mol. The second-order valence-corrected chi connectivity index (χ2v) is 6.24.